The summed E-state index contributed by atoms with van der Waals surface area (Å²) < 4.78 is 5.66. The molecule has 0 fully saturated rings. The van der Waals surface area contributed by atoms with Crippen LogP contribution in [0.5, 0.6) is 0 Å². The molecule has 0 atom stereocenters. The molecule has 0 aliphatic heterocycles. The smallest absolute Gasteiger partial charge is 0.277 e. The first-order valence-corrected chi connectivity index (χ1v) is 8.93. The summed E-state index contributed by atoms with van der Waals surface area (Å²) in [5, 5.41) is 13.4. The molecule has 26 heavy (non-hydrogen) atoms. The van der Waals surface area contributed by atoms with E-state index in [4.69, 9.17) is 4.42 Å². The summed E-state index contributed by atoms with van der Waals surface area (Å²) >= 11 is 1.19. The molecule has 0 radical (unpaired) electrons. The Morgan fingerprint density at radius 2 is 1.85 bits per heavy atom. The second-order valence-corrected chi connectivity index (χ2v) is 6.41. The molecule has 0 saturated heterocycles. The summed E-state index contributed by atoms with van der Waals surface area (Å²) in [6, 6.07) is 19.4. The van der Waals surface area contributed by atoms with E-state index >= 15 is 0 Å². The number of nitrogens with one attached hydrogen (secondary N) is 1. The number of amides is 1. The number of anilines is 1. The lowest BCUT2D eigenvalue weighted by Gasteiger charge is -2.01. The average Bonchev–Trinajstić information content (AvgIpc) is 3.16. The number of pyridine rings is 1. The van der Waals surface area contributed by atoms with Gasteiger partial charge in [0.2, 0.25) is 11.8 Å². The molecule has 6 nitrogen and oxygen atoms in total. The molecule has 0 unspecified atom stereocenters. The molecule has 0 saturated carbocycles. The Morgan fingerprint density at radius 1 is 1.00 bits per heavy atom. The van der Waals surface area contributed by atoms with E-state index in [9.17, 15) is 4.79 Å². The van der Waals surface area contributed by atoms with Crippen LogP contribution >= 0.6 is 11.8 Å². The predicted molar refractivity (Wildman–Crippen MR) is 101 cm³/mol. The highest BCUT2D eigenvalue weighted by Gasteiger charge is 2.12. The van der Waals surface area contributed by atoms with E-state index in [0.717, 1.165) is 16.3 Å². The van der Waals surface area contributed by atoms with Gasteiger partial charge >= 0.3 is 0 Å². The van der Waals surface area contributed by atoms with Crippen molar-refractivity contribution in [1.82, 2.24) is 15.2 Å². The maximum atomic E-state index is 11.9. The summed E-state index contributed by atoms with van der Waals surface area (Å²) in [5.41, 5.74) is 0.848. The standard InChI is InChI=1S/C19H14N4O2S/c24-17(21-16-7-3-4-10-20-16)12-26-19-23-22-18(25-19)15-9-8-13-5-1-2-6-14(13)11-15/h1-11H,12H2,(H,20,21,24). The molecule has 0 aliphatic rings. The number of rotatable bonds is 5. The minimum absolute atomic E-state index is 0.163. The van der Waals surface area contributed by atoms with Gasteiger partial charge in [0, 0.05) is 11.8 Å². The van der Waals surface area contributed by atoms with E-state index in [1.807, 2.05) is 42.5 Å². The van der Waals surface area contributed by atoms with E-state index in [1.54, 1.807) is 18.3 Å². The first-order chi connectivity index (χ1) is 12.8. The molecule has 2 aromatic heterocycles. The Balaban J connectivity index is 1.41. The number of fused-ring (bicyclic) bond motifs is 1. The molecular formula is C19H14N4O2S. The van der Waals surface area contributed by atoms with E-state index in [-0.39, 0.29) is 11.7 Å². The Morgan fingerprint density at radius 3 is 2.69 bits per heavy atom. The number of hydrogen-bond acceptors (Lipinski definition) is 6. The lowest BCUT2D eigenvalue weighted by atomic mass is 10.1. The molecule has 2 aromatic carbocycles. The number of hydrogen-bond donors (Lipinski definition) is 1. The Bertz CT molecular complexity index is 1050. The van der Waals surface area contributed by atoms with Crippen LogP contribution < -0.4 is 5.32 Å². The van der Waals surface area contributed by atoms with Crippen molar-refractivity contribution in [3.8, 4) is 11.5 Å². The van der Waals surface area contributed by atoms with Crippen LogP contribution in [0.3, 0.4) is 0 Å². The Labute approximate surface area is 153 Å². The van der Waals surface area contributed by atoms with E-state index in [0.29, 0.717) is 16.9 Å². The van der Waals surface area contributed by atoms with Crippen LogP contribution in [0.1, 0.15) is 0 Å². The minimum atomic E-state index is -0.181. The van der Waals surface area contributed by atoms with Crippen molar-refractivity contribution in [1.29, 1.82) is 0 Å². The number of aromatic nitrogens is 3. The van der Waals surface area contributed by atoms with Crippen molar-refractivity contribution in [2.45, 2.75) is 5.22 Å². The van der Waals surface area contributed by atoms with Gasteiger partial charge < -0.3 is 9.73 Å². The predicted octanol–water partition coefficient (Wildman–Crippen LogP) is 4.02. The highest BCUT2D eigenvalue weighted by atomic mass is 32.2. The number of carbonyl (C=O) groups is 1. The molecule has 4 aromatic rings. The quantitative estimate of drug-likeness (QED) is 0.540. The van der Waals surface area contributed by atoms with Crippen LogP contribution in [0.2, 0.25) is 0 Å². The van der Waals surface area contributed by atoms with Crippen LogP contribution in [-0.4, -0.2) is 26.8 Å². The fraction of sp³-hybridized carbons (Fsp3) is 0.0526. The van der Waals surface area contributed by atoms with Crippen LogP contribution in [0.25, 0.3) is 22.2 Å². The molecule has 2 heterocycles. The number of carbonyl (C=O) groups excluding carboxylic acids is 1. The van der Waals surface area contributed by atoms with Crippen LogP contribution in [0.15, 0.2) is 76.5 Å². The van der Waals surface area contributed by atoms with Gasteiger partial charge in [0.15, 0.2) is 0 Å². The zero-order chi connectivity index (χ0) is 17.8. The third kappa shape index (κ3) is 3.73. The highest BCUT2D eigenvalue weighted by Crippen LogP contribution is 2.26. The Kier molecular flexibility index (Phi) is 4.61. The van der Waals surface area contributed by atoms with Gasteiger partial charge in [-0.25, -0.2) is 4.98 Å². The second kappa shape index (κ2) is 7.37. The average molecular weight is 362 g/mol. The van der Waals surface area contributed by atoms with Gasteiger partial charge in [0.25, 0.3) is 5.22 Å². The van der Waals surface area contributed by atoms with Gasteiger partial charge in [-0.05, 0) is 35.0 Å². The van der Waals surface area contributed by atoms with Gasteiger partial charge in [-0.15, -0.1) is 10.2 Å². The van der Waals surface area contributed by atoms with Gasteiger partial charge in [-0.2, -0.15) is 0 Å². The van der Waals surface area contributed by atoms with Crippen molar-refractivity contribution < 1.29 is 9.21 Å². The normalized spacial score (nSPS) is 10.8. The maximum absolute atomic E-state index is 11.9. The molecule has 0 aliphatic carbocycles. The number of nitrogens with zero attached hydrogens (tertiary/aromatic N) is 3. The topological polar surface area (TPSA) is 80.9 Å². The fourth-order valence-corrected chi connectivity index (χ4v) is 3.01. The number of benzene rings is 2. The van der Waals surface area contributed by atoms with Crippen molar-refractivity contribution >= 4 is 34.3 Å². The van der Waals surface area contributed by atoms with Gasteiger partial charge in [0.1, 0.15) is 5.82 Å². The monoisotopic (exact) mass is 362 g/mol. The van der Waals surface area contributed by atoms with Crippen LogP contribution in [-0.2, 0) is 4.79 Å². The molecule has 0 spiro atoms. The lowest BCUT2D eigenvalue weighted by molar-refractivity contribution is -0.113. The fourth-order valence-electron chi connectivity index (χ4n) is 2.45. The first-order valence-electron chi connectivity index (χ1n) is 7.94. The molecule has 0 bridgehead atoms. The molecule has 4 rings (SSSR count). The van der Waals surface area contributed by atoms with Gasteiger partial charge in [0.05, 0.1) is 5.75 Å². The third-order valence-corrected chi connectivity index (χ3v) is 4.48. The van der Waals surface area contributed by atoms with E-state index in [1.165, 1.54) is 11.8 Å². The summed E-state index contributed by atoms with van der Waals surface area (Å²) in [7, 11) is 0. The molecule has 128 valence electrons. The third-order valence-electron chi connectivity index (χ3n) is 3.66. The lowest BCUT2D eigenvalue weighted by Crippen LogP contribution is -2.14. The molecule has 7 heteroatoms. The van der Waals surface area contributed by atoms with Crippen molar-refractivity contribution in [3.63, 3.8) is 0 Å². The SMILES string of the molecule is O=C(CSc1nnc(-c2ccc3ccccc3c2)o1)Nc1ccccn1. The summed E-state index contributed by atoms with van der Waals surface area (Å²) in [5.74, 6) is 0.929. The van der Waals surface area contributed by atoms with Crippen molar-refractivity contribution in [3.05, 3.63) is 66.9 Å². The summed E-state index contributed by atoms with van der Waals surface area (Å²) in [4.78, 5) is 16.0. The summed E-state index contributed by atoms with van der Waals surface area (Å²) in [6.07, 6.45) is 1.62. The second-order valence-electron chi connectivity index (χ2n) is 5.49. The largest absolute Gasteiger partial charge is 0.411 e. The Hall–Kier alpha value is -3.19. The summed E-state index contributed by atoms with van der Waals surface area (Å²) in [6.45, 7) is 0. The first kappa shape index (κ1) is 16.3. The maximum Gasteiger partial charge on any atom is 0.277 e. The van der Waals surface area contributed by atoms with Crippen LogP contribution in [0.4, 0.5) is 5.82 Å². The minimum Gasteiger partial charge on any atom is -0.411 e. The molecule has 1 N–H and O–H groups in total. The highest BCUT2D eigenvalue weighted by molar-refractivity contribution is 7.99. The van der Waals surface area contributed by atoms with E-state index in [2.05, 4.69) is 26.6 Å². The zero-order valence-corrected chi connectivity index (χ0v) is 14.4. The van der Waals surface area contributed by atoms with Gasteiger partial charge in [-0.1, -0.05) is 48.2 Å². The molecular weight excluding hydrogens is 348 g/mol. The van der Waals surface area contributed by atoms with Crippen molar-refractivity contribution in [2.75, 3.05) is 11.1 Å². The molecule has 1 amide bonds. The van der Waals surface area contributed by atoms with Crippen molar-refractivity contribution in [2.24, 2.45) is 0 Å². The van der Waals surface area contributed by atoms with Gasteiger partial charge in [-0.3, -0.25) is 4.79 Å². The van der Waals surface area contributed by atoms with E-state index < -0.39 is 0 Å². The van der Waals surface area contributed by atoms with Crippen LogP contribution in [0, 0.1) is 0 Å². The zero-order valence-electron chi connectivity index (χ0n) is 13.6. The number of thioether (sulfide) groups is 1.